The maximum atomic E-state index is 13.5. The normalized spacial score (nSPS) is 11.6. The molecule has 0 atom stereocenters. The van der Waals surface area contributed by atoms with E-state index in [0.717, 1.165) is 0 Å². The van der Waals surface area contributed by atoms with Crippen LogP contribution in [0.1, 0.15) is 41.9 Å². The summed E-state index contributed by atoms with van der Waals surface area (Å²) in [6, 6.07) is 10.9. The van der Waals surface area contributed by atoms with Crippen LogP contribution in [-0.4, -0.2) is 32.5 Å². The minimum absolute atomic E-state index is 0.0174. The number of aromatic nitrogens is 1. The largest absolute Gasteiger partial charge is 0.480 e. The summed E-state index contributed by atoms with van der Waals surface area (Å²) in [5, 5.41) is 21.1. The Morgan fingerprint density at radius 1 is 0.933 bits per heavy atom. The van der Waals surface area contributed by atoms with Gasteiger partial charge in [-0.2, -0.15) is 0 Å². The minimum Gasteiger partial charge on any atom is -0.480 e. The Bertz CT molecular complexity index is 1150. The van der Waals surface area contributed by atoms with E-state index < -0.39 is 23.1 Å². The third-order valence-electron chi connectivity index (χ3n) is 5.35. The number of fused-ring (bicyclic) bond motifs is 1. The number of halogens is 2. The summed E-state index contributed by atoms with van der Waals surface area (Å²) in [4.78, 5) is 38.2. The first-order valence-electron chi connectivity index (χ1n) is 9.28. The average Bonchev–Trinajstić information content (AvgIpc) is 3.02. The highest BCUT2D eigenvalue weighted by Crippen LogP contribution is 2.41. The second-order valence-corrected chi connectivity index (χ2v) is 7.71. The average molecular weight is 448 g/mol. The highest BCUT2D eigenvalue weighted by Gasteiger charge is 2.51. The van der Waals surface area contributed by atoms with Crippen LogP contribution < -0.4 is 0 Å². The second kappa shape index (κ2) is 8.13. The molecule has 0 fully saturated rings. The molecule has 0 bridgehead atoms. The Morgan fingerprint density at radius 2 is 1.50 bits per heavy atom. The number of carboxylic acid groups (broad SMARTS) is 2. The second-order valence-electron chi connectivity index (χ2n) is 6.83. The fraction of sp³-hybridized carbons (Fsp3) is 0.227. The van der Waals surface area contributed by atoms with Crippen molar-refractivity contribution >= 4 is 51.8 Å². The molecule has 156 valence electrons. The fourth-order valence-electron chi connectivity index (χ4n) is 3.85. The monoisotopic (exact) mass is 447 g/mol. The van der Waals surface area contributed by atoms with Crippen molar-refractivity contribution in [3.05, 3.63) is 69.3 Å². The van der Waals surface area contributed by atoms with E-state index >= 15 is 0 Å². The van der Waals surface area contributed by atoms with Gasteiger partial charge in [0.1, 0.15) is 0 Å². The van der Waals surface area contributed by atoms with Gasteiger partial charge in [0.2, 0.25) is 5.78 Å². The molecule has 6 nitrogen and oxygen atoms in total. The van der Waals surface area contributed by atoms with Gasteiger partial charge in [-0.25, -0.2) is 0 Å². The van der Waals surface area contributed by atoms with Gasteiger partial charge in [0.05, 0.1) is 5.69 Å². The van der Waals surface area contributed by atoms with Gasteiger partial charge in [-0.15, -0.1) is 0 Å². The smallest absolute Gasteiger partial charge is 0.325 e. The van der Waals surface area contributed by atoms with Crippen molar-refractivity contribution < 1.29 is 24.6 Å². The van der Waals surface area contributed by atoms with Gasteiger partial charge >= 0.3 is 11.9 Å². The fourth-order valence-corrected chi connectivity index (χ4v) is 4.14. The predicted molar refractivity (Wildman–Crippen MR) is 115 cm³/mol. The lowest BCUT2D eigenvalue weighted by Crippen LogP contribution is -2.44. The van der Waals surface area contributed by atoms with Crippen LogP contribution in [0.2, 0.25) is 10.0 Å². The van der Waals surface area contributed by atoms with E-state index in [1.807, 2.05) is 0 Å². The van der Waals surface area contributed by atoms with Crippen molar-refractivity contribution in [2.24, 2.45) is 0 Å². The number of ketones is 1. The summed E-state index contributed by atoms with van der Waals surface area (Å²) in [5.41, 5.74) is -1.56. The Balaban J connectivity index is 2.51. The SMILES string of the molecule is CCn1c(C(=O)c2ccc(Cl)cc2)c(C(CC)(C(=O)O)C(=O)O)c2cc(Cl)ccc21. The van der Waals surface area contributed by atoms with Crippen molar-refractivity contribution in [3.8, 4) is 0 Å². The van der Waals surface area contributed by atoms with Gasteiger partial charge in [0.25, 0.3) is 0 Å². The van der Waals surface area contributed by atoms with Crippen molar-refractivity contribution in [2.75, 3.05) is 0 Å². The van der Waals surface area contributed by atoms with Crippen LogP contribution in [-0.2, 0) is 21.5 Å². The van der Waals surface area contributed by atoms with Gasteiger partial charge in [0.15, 0.2) is 5.41 Å². The number of hydrogen-bond donors (Lipinski definition) is 2. The third-order valence-corrected chi connectivity index (χ3v) is 5.84. The molecule has 2 aromatic carbocycles. The van der Waals surface area contributed by atoms with Crippen LogP contribution in [0.15, 0.2) is 42.5 Å². The molecule has 0 aliphatic carbocycles. The Kier molecular flexibility index (Phi) is 5.92. The van der Waals surface area contributed by atoms with Gasteiger partial charge in [-0.1, -0.05) is 30.1 Å². The van der Waals surface area contributed by atoms with Gasteiger partial charge in [-0.05, 0) is 55.8 Å². The Morgan fingerprint density at radius 3 is 2.00 bits per heavy atom. The quantitative estimate of drug-likeness (QED) is 0.391. The molecule has 3 rings (SSSR count). The molecule has 30 heavy (non-hydrogen) atoms. The number of rotatable bonds is 7. The summed E-state index contributed by atoms with van der Waals surface area (Å²) in [7, 11) is 0. The Labute approximate surface area is 182 Å². The van der Waals surface area contributed by atoms with Crippen LogP contribution in [0.5, 0.6) is 0 Å². The number of hydrogen-bond acceptors (Lipinski definition) is 3. The molecule has 0 aliphatic heterocycles. The summed E-state index contributed by atoms with van der Waals surface area (Å²) in [6.07, 6.45) is -0.256. The van der Waals surface area contributed by atoms with E-state index in [1.54, 1.807) is 35.8 Å². The number of carbonyl (C=O) groups excluding carboxylic acids is 1. The molecule has 1 aromatic heterocycles. The maximum Gasteiger partial charge on any atom is 0.325 e. The zero-order chi connectivity index (χ0) is 22.2. The number of carbonyl (C=O) groups is 3. The molecular formula is C22H19Cl2NO5. The lowest BCUT2D eigenvalue weighted by molar-refractivity contribution is -0.157. The van der Waals surface area contributed by atoms with E-state index in [9.17, 15) is 24.6 Å². The summed E-state index contributed by atoms with van der Waals surface area (Å²) < 4.78 is 1.63. The summed E-state index contributed by atoms with van der Waals surface area (Å²) >= 11 is 12.1. The van der Waals surface area contributed by atoms with E-state index in [1.165, 1.54) is 25.1 Å². The Hall–Kier alpha value is -2.83. The van der Waals surface area contributed by atoms with Crippen LogP contribution >= 0.6 is 23.2 Å². The van der Waals surface area contributed by atoms with Crippen LogP contribution in [0.25, 0.3) is 10.9 Å². The van der Waals surface area contributed by atoms with Crippen LogP contribution in [0, 0.1) is 0 Å². The van der Waals surface area contributed by atoms with E-state index in [-0.39, 0.29) is 23.2 Å². The number of nitrogens with zero attached hydrogens (tertiary/aromatic N) is 1. The van der Waals surface area contributed by atoms with Crippen molar-refractivity contribution in [1.29, 1.82) is 0 Å². The number of aryl methyl sites for hydroxylation is 1. The number of carboxylic acids is 2. The lowest BCUT2D eigenvalue weighted by atomic mass is 9.75. The van der Waals surface area contributed by atoms with Crippen molar-refractivity contribution in [1.82, 2.24) is 4.57 Å². The molecule has 0 saturated carbocycles. The zero-order valence-electron chi connectivity index (χ0n) is 16.3. The molecule has 0 radical (unpaired) electrons. The van der Waals surface area contributed by atoms with E-state index in [2.05, 4.69) is 0 Å². The molecule has 0 spiro atoms. The van der Waals surface area contributed by atoms with Crippen molar-refractivity contribution in [2.45, 2.75) is 32.2 Å². The van der Waals surface area contributed by atoms with Crippen LogP contribution in [0.4, 0.5) is 0 Å². The van der Waals surface area contributed by atoms with Crippen molar-refractivity contribution in [3.63, 3.8) is 0 Å². The predicted octanol–water partition coefficient (Wildman–Crippen LogP) is 5.02. The van der Waals surface area contributed by atoms with Gasteiger partial charge < -0.3 is 14.8 Å². The number of benzene rings is 2. The van der Waals surface area contributed by atoms with Crippen LogP contribution in [0.3, 0.4) is 0 Å². The third kappa shape index (κ3) is 3.26. The molecule has 0 saturated heterocycles. The molecule has 0 aliphatic rings. The zero-order valence-corrected chi connectivity index (χ0v) is 17.8. The highest BCUT2D eigenvalue weighted by molar-refractivity contribution is 6.32. The molecule has 2 N–H and O–H groups in total. The maximum absolute atomic E-state index is 13.5. The molecule has 3 aromatic rings. The molecule has 1 heterocycles. The topological polar surface area (TPSA) is 96.6 Å². The molecule has 0 amide bonds. The first-order valence-corrected chi connectivity index (χ1v) is 10.0. The first kappa shape index (κ1) is 21.9. The van der Waals surface area contributed by atoms with Gasteiger partial charge in [0, 0.05) is 38.6 Å². The first-order chi connectivity index (χ1) is 14.2. The van der Waals surface area contributed by atoms with E-state index in [4.69, 9.17) is 23.2 Å². The standard InChI is InChI=1S/C22H19Cl2NO5/c1-3-22(20(27)28,21(29)30)17-15-11-14(24)9-10-16(15)25(4-2)18(17)19(26)12-5-7-13(23)8-6-12/h5-11H,3-4H2,1-2H3,(H,27,28)(H,29,30). The molecular weight excluding hydrogens is 429 g/mol. The van der Waals surface area contributed by atoms with E-state index in [0.29, 0.717) is 27.5 Å². The summed E-state index contributed by atoms with van der Waals surface area (Å²) in [5.74, 6) is -3.58. The minimum atomic E-state index is -2.32. The highest BCUT2D eigenvalue weighted by atomic mass is 35.5. The summed E-state index contributed by atoms with van der Waals surface area (Å²) in [6.45, 7) is 3.59. The number of aliphatic carboxylic acids is 2. The van der Waals surface area contributed by atoms with Gasteiger partial charge in [-0.3, -0.25) is 14.4 Å². The molecule has 8 heteroatoms. The molecule has 0 unspecified atom stereocenters. The lowest BCUT2D eigenvalue weighted by Gasteiger charge is -2.25.